The zero-order valence-corrected chi connectivity index (χ0v) is 17.3. The average Bonchev–Trinajstić information content (AvgIpc) is 2.64. The maximum absolute atomic E-state index is 12.6. The standard InChI is InChI=1S/C21H23Cl2N3O2/c1-12(2)19(20(24)27)26-21(28)13(3)16-6-4-5-7-18(16)25-11-14-8-9-15(22)10-17(14)23/h4-10,12,19,25H,3,11H2,1-2H3,(H2,24,27)(H,26,28). The van der Waals surface area contributed by atoms with Crippen molar-refractivity contribution in [3.8, 4) is 0 Å². The molecule has 0 aliphatic rings. The molecular formula is C21H23Cl2N3O2. The van der Waals surface area contributed by atoms with Gasteiger partial charge < -0.3 is 16.4 Å². The highest BCUT2D eigenvalue weighted by atomic mass is 35.5. The van der Waals surface area contributed by atoms with Gasteiger partial charge in [-0.2, -0.15) is 0 Å². The van der Waals surface area contributed by atoms with E-state index in [9.17, 15) is 9.59 Å². The monoisotopic (exact) mass is 419 g/mol. The molecule has 2 aromatic carbocycles. The van der Waals surface area contributed by atoms with Gasteiger partial charge >= 0.3 is 0 Å². The van der Waals surface area contributed by atoms with Crippen LogP contribution in [0, 0.1) is 5.92 Å². The van der Waals surface area contributed by atoms with Crippen molar-refractivity contribution < 1.29 is 9.59 Å². The van der Waals surface area contributed by atoms with Crippen LogP contribution in [0.4, 0.5) is 5.69 Å². The molecule has 1 unspecified atom stereocenters. The predicted molar refractivity (Wildman–Crippen MR) is 115 cm³/mol. The third-order valence-electron chi connectivity index (χ3n) is 4.27. The van der Waals surface area contributed by atoms with Gasteiger partial charge in [-0.15, -0.1) is 0 Å². The number of carbonyl (C=O) groups excluding carboxylic acids is 2. The minimum Gasteiger partial charge on any atom is -0.380 e. The summed E-state index contributed by atoms with van der Waals surface area (Å²) in [6, 6.07) is 11.8. The number of benzene rings is 2. The zero-order chi connectivity index (χ0) is 20.8. The Labute approximate surface area is 174 Å². The van der Waals surface area contributed by atoms with Crippen LogP contribution in [0.25, 0.3) is 5.57 Å². The summed E-state index contributed by atoms with van der Waals surface area (Å²) in [5, 5.41) is 7.03. The summed E-state index contributed by atoms with van der Waals surface area (Å²) < 4.78 is 0. The van der Waals surface area contributed by atoms with Crippen molar-refractivity contribution in [2.45, 2.75) is 26.4 Å². The predicted octanol–water partition coefficient (Wildman–Crippen LogP) is 4.24. The Kier molecular flexibility index (Phi) is 7.49. The highest BCUT2D eigenvalue weighted by Crippen LogP contribution is 2.26. The van der Waals surface area contributed by atoms with Gasteiger partial charge in [0.1, 0.15) is 6.04 Å². The van der Waals surface area contributed by atoms with Crippen LogP contribution >= 0.6 is 23.2 Å². The van der Waals surface area contributed by atoms with E-state index in [1.807, 2.05) is 38.1 Å². The molecule has 0 aliphatic heterocycles. The van der Waals surface area contributed by atoms with E-state index in [1.54, 1.807) is 18.2 Å². The van der Waals surface area contributed by atoms with Gasteiger partial charge in [-0.05, 0) is 29.7 Å². The number of halogens is 2. The molecule has 0 aliphatic carbocycles. The van der Waals surface area contributed by atoms with E-state index in [0.717, 1.165) is 5.56 Å². The van der Waals surface area contributed by atoms with Crippen molar-refractivity contribution in [3.63, 3.8) is 0 Å². The van der Waals surface area contributed by atoms with Crippen molar-refractivity contribution in [3.05, 3.63) is 70.2 Å². The lowest BCUT2D eigenvalue weighted by molar-refractivity contribution is -0.125. The summed E-state index contributed by atoms with van der Waals surface area (Å²) in [6.45, 7) is 7.95. The number of para-hydroxylation sites is 1. The molecule has 4 N–H and O–H groups in total. The highest BCUT2D eigenvalue weighted by molar-refractivity contribution is 6.35. The van der Waals surface area contributed by atoms with Gasteiger partial charge in [0.2, 0.25) is 5.91 Å². The highest BCUT2D eigenvalue weighted by Gasteiger charge is 2.23. The van der Waals surface area contributed by atoms with Crippen LogP contribution in [-0.2, 0) is 16.1 Å². The molecule has 5 nitrogen and oxygen atoms in total. The summed E-state index contributed by atoms with van der Waals surface area (Å²) in [5.41, 5.74) is 7.81. The van der Waals surface area contributed by atoms with E-state index in [-0.39, 0.29) is 11.5 Å². The number of carbonyl (C=O) groups is 2. The fraction of sp³-hybridized carbons (Fsp3) is 0.238. The molecule has 2 aromatic rings. The number of nitrogens with two attached hydrogens (primary N) is 1. The van der Waals surface area contributed by atoms with Crippen LogP contribution in [0.2, 0.25) is 10.0 Å². The molecule has 2 amide bonds. The molecule has 0 fully saturated rings. The summed E-state index contributed by atoms with van der Waals surface area (Å²) >= 11 is 12.1. The van der Waals surface area contributed by atoms with Gasteiger partial charge in [0.25, 0.3) is 5.91 Å². The first-order valence-corrected chi connectivity index (χ1v) is 9.52. The number of hydrogen-bond acceptors (Lipinski definition) is 3. The topological polar surface area (TPSA) is 84.2 Å². The number of amides is 2. The molecule has 0 spiro atoms. The van der Waals surface area contributed by atoms with Crippen molar-refractivity contribution >= 4 is 46.3 Å². The number of nitrogens with one attached hydrogen (secondary N) is 2. The fourth-order valence-electron chi connectivity index (χ4n) is 2.67. The molecule has 0 saturated carbocycles. The number of rotatable bonds is 8. The van der Waals surface area contributed by atoms with Crippen LogP contribution in [0.3, 0.4) is 0 Å². The van der Waals surface area contributed by atoms with Crippen LogP contribution in [-0.4, -0.2) is 17.9 Å². The fourth-order valence-corrected chi connectivity index (χ4v) is 3.15. The summed E-state index contributed by atoms with van der Waals surface area (Å²) in [4.78, 5) is 24.2. The van der Waals surface area contributed by atoms with Gasteiger partial charge in [0.05, 0.1) is 0 Å². The Bertz CT molecular complexity index is 897. The second-order valence-electron chi connectivity index (χ2n) is 6.71. The van der Waals surface area contributed by atoms with Crippen LogP contribution in [0.1, 0.15) is 25.0 Å². The first-order valence-electron chi connectivity index (χ1n) is 8.77. The van der Waals surface area contributed by atoms with E-state index in [4.69, 9.17) is 28.9 Å². The van der Waals surface area contributed by atoms with Crippen molar-refractivity contribution in [1.29, 1.82) is 0 Å². The van der Waals surface area contributed by atoms with E-state index in [2.05, 4.69) is 17.2 Å². The van der Waals surface area contributed by atoms with Gasteiger partial charge in [-0.3, -0.25) is 9.59 Å². The maximum atomic E-state index is 12.6. The Hall–Kier alpha value is -2.50. The number of anilines is 1. The average molecular weight is 420 g/mol. The van der Waals surface area contributed by atoms with Gasteiger partial charge in [-0.1, -0.05) is 67.9 Å². The molecule has 7 heteroatoms. The first kappa shape index (κ1) is 21.8. The Morgan fingerprint density at radius 1 is 1.14 bits per heavy atom. The molecule has 0 radical (unpaired) electrons. The molecular weight excluding hydrogens is 397 g/mol. The van der Waals surface area contributed by atoms with Gasteiger partial charge in [0, 0.05) is 33.4 Å². The normalized spacial score (nSPS) is 11.8. The lowest BCUT2D eigenvalue weighted by Crippen LogP contribution is -2.47. The maximum Gasteiger partial charge on any atom is 0.252 e. The molecule has 0 aromatic heterocycles. The Morgan fingerprint density at radius 2 is 1.82 bits per heavy atom. The third-order valence-corrected chi connectivity index (χ3v) is 4.86. The molecule has 0 heterocycles. The van der Waals surface area contributed by atoms with Crippen molar-refractivity contribution in [1.82, 2.24) is 5.32 Å². The van der Waals surface area contributed by atoms with Crippen LogP contribution in [0.15, 0.2) is 49.0 Å². The smallest absolute Gasteiger partial charge is 0.252 e. The number of hydrogen-bond donors (Lipinski definition) is 3. The summed E-state index contributed by atoms with van der Waals surface area (Å²) in [6.07, 6.45) is 0. The number of primary amides is 1. The second kappa shape index (κ2) is 9.62. The minimum absolute atomic E-state index is 0.130. The van der Waals surface area contributed by atoms with E-state index >= 15 is 0 Å². The minimum atomic E-state index is -0.766. The van der Waals surface area contributed by atoms with E-state index in [1.165, 1.54) is 0 Å². The van der Waals surface area contributed by atoms with E-state index < -0.39 is 17.9 Å². The van der Waals surface area contributed by atoms with E-state index in [0.29, 0.717) is 27.8 Å². The molecule has 0 bridgehead atoms. The molecule has 1 atom stereocenters. The third kappa shape index (κ3) is 5.50. The lowest BCUT2D eigenvalue weighted by atomic mass is 10.0. The SMILES string of the molecule is C=C(C(=O)NC(C(N)=O)C(C)C)c1ccccc1NCc1ccc(Cl)cc1Cl. The lowest BCUT2D eigenvalue weighted by Gasteiger charge is -2.20. The van der Waals surface area contributed by atoms with Gasteiger partial charge in [0.15, 0.2) is 0 Å². The quantitative estimate of drug-likeness (QED) is 0.559. The van der Waals surface area contributed by atoms with Crippen LogP contribution in [0.5, 0.6) is 0 Å². The van der Waals surface area contributed by atoms with Crippen molar-refractivity contribution in [2.24, 2.45) is 11.7 Å². The second-order valence-corrected chi connectivity index (χ2v) is 7.55. The Balaban J connectivity index is 2.17. The zero-order valence-electron chi connectivity index (χ0n) is 15.8. The molecule has 0 saturated heterocycles. The van der Waals surface area contributed by atoms with Crippen molar-refractivity contribution in [2.75, 3.05) is 5.32 Å². The molecule has 148 valence electrons. The Morgan fingerprint density at radius 3 is 2.43 bits per heavy atom. The van der Waals surface area contributed by atoms with Gasteiger partial charge in [-0.25, -0.2) is 0 Å². The van der Waals surface area contributed by atoms with Crippen LogP contribution < -0.4 is 16.4 Å². The largest absolute Gasteiger partial charge is 0.380 e. The molecule has 28 heavy (non-hydrogen) atoms. The first-order chi connectivity index (χ1) is 13.2. The molecule has 2 rings (SSSR count). The summed E-state index contributed by atoms with van der Waals surface area (Å²) in [5.74, 6) is -1.16. The summed E-state index contributed by atoms with van der Waals surface area (Å²) in [7, 11) is 0.